The zero-order valence-corrected chi connectivity index (χ0v) is 6.11. The highest BCUT2D eigenvalue weighted by atomic mass is 16.5. The molecule has 0 aliphatic heterocycles. The van der Waals surface area contributed by atoms with Gasteiger partial charge in [-0.05, 0) is 19.9 Å². The molecule has 0 aliphatic rings. The van der Waals surface area contributed by atoms with E-state index in [1.807, 2.05) is 13.8 Å². The topological polar surface area (TPSA) is 35.0 Å². The van der Waals surface area contributed by atoms with Gasteiger partial charge in [0.05, 0.1) is 6.10 Å². The van der Waals surface area contributed by atoms with Crippen LogP contribution in [0.15, 0.2) is 18.5 Å². The van der Waals surface area contributed by atoms with Crippen LogP contribution in [-0.2, 0) is 0 Å². The van der Waals surface area contributed by atoms with Crippen LogP contribution in [0.4, 0.5) is 0 Å². The van der Waals surface area contributed by atoms with Crippen molar-refractivity contribution in [1.29, 1.82) is 0 Å². The smallest absolute Gasteiger partial charge is 0.316 e. The molecule has 0 radical (unpaired) electrons. The van der Waals surface area contributed by atoms with E-state index in [1.165, 1.54) is 0 Å². The quantitative estimate of drug-likeness (QED) is 0.617. The van der Waals surface area contributed by atoms with Crippen molar-refractivity contribution in [3.63, 3.8) is 0 Å². The molecule has 1 aromatic heterocycles. The Morgan fingerprint density at radius 3 is 2.40 bits per heavy atom. The highest BCUT2D eigenvalue weighted by molar-refractivity contribution is 4.93. The summed E-state index contributed by atoms with van der Waals surface area (Å²) >= 11 is 0. The first-order valence-corrected chi connectivity index (χ1v) is 3.22. The van der Waals surface area contributed by atoms with E-state index >= 15 is 0 Å². The van der Waals surface area contributed by atoms with E-state index in [-0.39, 0.29) is 6.10 Å². The SMILES string of the molecule is CC(C)Oc1ncccn1. The maximum absolute atomic E-state index is 5.19. The van der Waals surface area contributed by atoms with Crippen molar-refractivity contribution in [3.8, 4) is 6.01 Å². The molecule has 0 aromatic carbocycles. The molecule has 0 fully saturated rings. The Hall–Kier alpha value is -1.12. The van der Waals surface area contributed by atoms with E-state index in [1.54, 1.807) is 18.5 Å². The molecular formula is C7H10N2O. The van der Waals surface area contributed by atoms with Gasteiger partial charge in [0.1, 0.15) is 0 Å². The first-order valence-electron chi connectivity index (χ1n) is 3.22. The van der Waals surface area contributed by atoms with Crippen molar-refractivity contribution in [3.05, 3.63) is 18.5 Å². The largest absolute Gasteiger partial charge is 0.461 e. The molecule has 0 aliphatic carbocycles. The van der Waals surface area contributed by atoms with E-state index in [0.29, 0.717) is 6.01 Å². The molecule has 3 nitrogen and oxygen atoms in total. The highest BCUT2D eigenvalue weighted by Gasteiger charge is 1.96. The molecule has 0 atom stereocenters. The van der Waals surface area contributed by atoms with Crippen molar-refractivity contribution in [1.82, 2.24) is 9.97 Å². The van der Waals surface area contributed by atoms with E-state index in [2.05, 4.69) is 9.97 Å². The van der Waals surface area contributed by atoms with E-state index < -0.39 is 0 Å². The van der Waals surface area contributed by atoms with Crippen molar-refractivity contribution < 1.29 is 4.74 Å². The summed E-state index contributed by atoms with van der Waals surface area (Å²) in [4.78, 5) is 7.77. The maximum Gasteiger partial charge on any atom is 0.316 e. The van der Waals surface area contributed by atoms with Crippen LogP contribution in [-0.4, -0.2) is 16.1 Å². The van der Waals surface area contributed by atoms with Crippen LogP contribution in [0.25, 0.3) is 0 Å². The molecular weight excluding hydrogens is 128 g/mol. The van der Waals surface area contributed by atoms with Gasteiger partial charge in [-0.1, -0.05) is 0 Å². The number of hydrogen-bond acceptors (Lipinski definition) is 3. The molecule has 0 amide bonds. The van der Waals surface area contributed by atoms with E-state index in [4.69, 9.17) is 4.74 Å². The predicted molar refractivity (Wildman–Crippen MR) is 37.8 cm³/mol. The van der Waals surface area contributed by atoms with Gasteiger partial charge < -0.3 is 4.74 Å². The molecule has 0 N–H and O–H groups in total. The van der Waals surface area contributed by atoms with Gasteiger partial charge in [0.15, 0.2) is 0 Å². The molecule has 10 heavy (non-hydrogen) atoms. The van der Waals surface area contributed by atoms with E-state index in [9.17, 15) is 0 Å². The molecule has 0 unspecified atom stereocenters. The van der Waals surface area contributed by atoms with Crippen LogP contribution in [0.1, 0.15) is 13.8 Å². The second-order valence-electron chi connectivity index (χ2n) is 2.20. The summed E-state index contributed by atoms with van der Waals surface area (Å²) < 4.78 is 5.19. The van der Waals surface area contributed by atoms with Crippen LogP contribution < -0.4 is 4.74 Å². The Balaban J connectivity index is 2.59. The van der Waals surface area contributed by atoms with Gasteiger partial charge >= 0.3 is 6.01 Å². The third-order valence-corrected chi connectivity index (χ3v) is 0.883. The third kappa shape index (κ3) is 2.01. The van der Waals surface area contributed by atoms with Crippen molar-refractivity contribution in [2.24, 2.45) is 0 Å². The molecule has 54 valence electrons. The number of aromatic nitrogens is 2. The lowest BCUT2D eigenvalue weighted by Gasteiger charge is -2.05. The predicted octanol–water partition coefficient (Wildman–Crippen LogP) is 1.26. The monoisotopic (exact) mass is 138 g/mol. The Morgan fingerprint density at radius 2 is 1.90 bits per heavy atom. The molecule has 0 spiro atoms. The van der Waals surface area contributed by atoms with Crippen LogP contribution in [0.5, 0.6) is 6.01 Å². The Kier molecular flexibility index (Phi) is 2.20. The second-order valence-corrected chi connectivity index (χ2v) is 2.20. The summed E-state index contributed by atoms with van der Waals surface area (Å²) in [6, 6.07) is 2.20. The van der Waals surface area contributed by atoms with Gasteiger partial charge in [0.25, 0.3) is 0 Å². The molecule has 0 saturated carbocycles. The van der Waals surface area contributed by atoms with Crippen LogP contribution in [0, 0.1) is 0 Å². The molecule has 0 saturated heterocycles. The lowest BCUT2D eigenvalue weighted by atomic mass is 10.5. The molecule has 1 aromatic rings. The van der Waals surface area contributed by atoms with Crippen LogP contribution in [0.2, 0.25) is 0 Å². The van der Waals surface area contributed by atoms with Gasteiger partial charge in [0, 0.05) is 12.4 Å². The van der Waals surface area contributed by atoms with Gasteiger partial charge in [-0.15, -0.1) is 0 Å². The fraction of sp³-hybridized carbons (Fsp3) is 0.429. The second kappa shape index (κ2) is 3.15. The Morgan fingerprint density at radius 1 is 1.30 bits per heavy atom. The first kappa shape index (κ1) is 6.99. The number of hydrogen-bond donors (Lipinski definition) is 0. The average molecular weight is 138 g/mol. The average Bonchev–Trinajstić information content (AvgIpc) is 1.88. The standard InChI is InChI=1S/C7H10N2O/c1-6(2)10-7-8-4-3-5-9-7/h3-6H,1-2H3. The van der Waals surface area contributed by atoms with Gasteiger partial charge in [-0.3, -0.25) is 0 Å². The molecule has 3 heteroatoms. The van der Waals surface area contributed by atoms with E-state index in [0.717, 1.165) is 0 Å². The molecule has 0 bridgehead atoms. The van der Waals surface area contributed by atoms with Gasteiger partial charge in [-0.2, -0.15) is 0 Å². The minimum absolute atomic E-state index is 0.141. The summed E-state index contributed by atoms with van der Waals surface area (Å²) in [5, 5.41) is 0. The molecule has 1 rings (SSSR count). The summed E-state index contributed by atoms with van der Waals surface area (Å²) in [7, 11) is 0. The lowest BCUT2D eigenvalue weighted by molar-refractivity contribution is 0.222. The van der Waals surface area contributed by atoms with Crippen molar-refractivity contribution in [2.45, 2.75) is 20.0 Å². The summed E-state index contributed by atoms with van der Waals surface area (Å²) in [6.45, 7) is 3.88. The highest BCUT2D eigenvalue weighted by Crippen LogP contribution is 1.99. The molecule has 1 heterocycles. The first-order chi connectivity index (χ1) is 4.79. The fourth-order valence-corrected chi connectivity index (χ4v) is 0.557. The van der Waals surface area contributed by atoms with Gasteiger partial charge in [0.2, 0.25) is 0 Å². The Bertz CT molecular complexity index is 186. The summed E-state index contributed by atoms with van der Waals surface area (Å²) in [5.74, 6) is 0. The Labute approximate surface area is 60.1 Å². The zero-order chi connectivity index (χ0) is 7.40. The van der Waals surface area contributed by atoms with Crippen molar-refractivity contribution in [2.75, 3.05) is 0 Å². The fourth-order valence-electron chi connectivity index (χ4n) is 0.557. The summed E-state index contributed by atoms with van der Waals surface area (Å²) in [6.07, 6.45) is 3.46. The minimum atomic E-state index is 0.141. The number of rotatable bonds is 2. The zero-order valence-electron chi connectivity index (χ0n) is 6.11. The number of nitrogens with zero attached hydrogens (tertiary/aromatic N) is 2. The minimum Gasteiger partial charge on any atom is -0.461 e. The lowest BCUT2D eigenvalue weighted by Crippen LogP contribution is -2.07. The van der Waals surface area contributed by atoms with Crippen LogP contribution in [0.3, 0.4) is 0 Å². The van der Waals surface area contributed by atoms with Gasteiger partial charge in [-0.25, -0.2) is 9.97 Å². The third-order valence-electron chi connectivity index (χ3n) is 0.883. The van der Waals surface area contributed by atoms with Crippen LogP contribution >= 0.6 is 0 Å². The normalized spacial score (nSPS) is 9.90. The summed E-state index contributed by atoms with van der Waals surface area (Å²) in [5.41, 5.74) is 0. The maximum atomic E-state index is 5.19. The van der Waals surface area contributed by atoms with Crippen molar-refractivity contribution >= 4 is 0 Å². The number of ether oxygens (including phenoxy) is 1.